The van der Waals surface area contributed by atoms with Crippen LogP contribution in [0.2, 0.25) is 0 Å². The molecular weight excluding hydrogens is 394 g/mol. The third-order valence-electron chi connectivity index (χ3n) is 5.75. The fourth-order valence-corrected chi connectivity index (χ4v) is 5.24. The van der Waals surface area contributed by atoms with E-state index in [1.165, 1.54) is 15.1 Å². The highest BCUT2D eigenvalue weighted by molar-refractivity contribution is 7.10. The number of fused-ring (bicyclic) bond motifs is 2. The molecule has 1 atom stereocenters. The first kappa shape index (κ1) is 18.8. The van der Waals surface area contributed by atoms with Crippen molar-refractivity contribution in [3.8, 4) is 5.69 Å². The summed E-state index contributed by atoms with van der Waals surface area (Å²) in [7, 11) is 0. The first-order valence-electron chi connectivity index (χ1n) is 10.1. The van der Waals surface area contributed by atoms with Crippen molar-refractivity contribution in [2.75, 3.05) is 6.54 Å². The fourth-order valence-electron chi connectivity index (χ4n) is 4.31. The Morgan fingerprint density at radius 1 is 1.07 bits per heavy atom. The van der Waals surface area contributed by atoms with Crippen LogP contribution < -0.4 is 5.56 Å². The van der Waals surface area contributed by atoms with E-state index in [9.17, 15) is 9.59 Å². The van der Waals surface area contributed by atoms with E-state index in [1.54, 1.807) is 17.4 Å². The summed E-state index contributed by atoms with van der Waals surface area (Å²) in [5.74, 6) is -0.125. The molecular formula is C24H21N3O2S. The lowest BCUT2D eigenvalue weighted by Gasteiger charge is -2.35. The number of rotatable bonds is 3. The molecule has 0 bridgehead atoms. The standard InChI is InChI=1S/C24H21N3O2S/c1-2-20-19-13-15-30-21(19)12-14-26(20)24(29)22-17-10-6-7-11-18(17)23(28)27(25-22)16-8-4-3-5-9-16/h3-11,13,15,20H,2,12,14H2,1H3. The Morgan fingerprint density at radius 3 is 2.57 bits per heavy atom. The molecule has 0 N–H and O–H groups in total. The smallest absolute Gasteiger partial charge is 0.279 e. The van der Waals surface area contributed by atoms with Crippen LogP contribution in [0.1, 0.15) is 40.3 Å². The molecule has 150 valence electrons. The second-order valence-corrected chi connectivity index (χ2v) is 8.42. The Kier molecular flexibility index (Phi) is 4.71. The predicted molar refractivity (Wildman–Crippen MR) is 119 cm³/mol. The van der Waals surface area contributed by atoms with E-state index < -0.39 is 0 Å². The first-order chi connectivity index (χ1) is 14.7. The normalized spacial score (nSPS) is 15.9. The highest BCUT2D eigenvalue weighted by Crippen LogP contribution is 2.36. The van der Waals surface area contributed by atoms with Gasteiger partial charge in [-0.25, -0.2) is 0 Å². The van der Waals surface area contributed by atoms with Crippen molar-refractivity contribution in [2.45, 2.75) is 25.8 Å². The number of thiophene rings is 1. The Morgan fingerprint density at radius 2 is 1.80 bits per heavy atom. The minimum Gasteiger partial charge on any atom is -0.330 e. The minimum atomic E-state index is -0.223. The number of carbonyl (C=O) groups is 1. The number of hydrogen-bond acceptors (Lipinski definition) is 4. The van der Waals surface area contributed by atoms with Crippen molar-refractivity contribution in [3.05, 3.63) is 92.5 Å². The molecule has 0 fully saturated rings. The Balaban J connectivity index is 1.68. The second kappa shape index (κ2) is 7.54. The van der Waals surface area contributed by atoms with Crippen LogP contribution in [0.15, 0.2) is 70.8 Å². The van der Waals surface area contributed by atoms with Gasteiger partial charge in [0.15, 0.2) is 5.69 Å². The van der Waals surface area contributed by atoms with Crippen molar-refractivity contribution in [1.29, 1.82) is 0 Å². The molecule has 1 aliphatic heterocycles. The maximum atomic E-state index is 13.8. The molecule has 0 aliphatic carbocycles. The highest BCUT2D eigenvalue weighted by Gasteiger charge is 2.32. The Labute approximate surface area is 178 Å². The largest absolute Gasteiger partial charge is 0.330 e. The minimum absolute atomic E-state index is 0.0326. The van der Waals surface area contributed by atoms with Gasteiger partial charge < -0.3 is 4.90 Å². The molecule has 30 heavy (non-hydrogen) atoms. The highest BCUT2D eigenvalue weighted by atomic mass is 32.1. The van der Waals surface area contributed by atoms with Crippen LogP contribution in [-0.2, 0) is 6.42 Å². The van der Waals surface area contributed by atoms with E-state index in [2.05, 4.69) is 23.5 Å². The SMILES string of the molecule is CCC1c2ccsc2CCN1C(=O)c1nn(-c2ccccc2)c(=O)c2ccccc12. The molecule has 3 heterocycles. The molecule has 0 saturated heterocycles. The quantitative estimate of drug-likeness (QED) is 0.492. The molecule has 2 aromatic heterocycles. The van der Waals surface area contributed by atoms with Crippen molar-refractivity contribution >= 4 is 28.0 Å². The van der Waals surface area contributed by atoms with Gasteiger partial charge in [0.2, 0.25) is 0 Å². The fraction of sp³-hybridized carbons (Fsp3) is 0.208. The average molecular weight is 416 g/mol. The van der Waals surface area contributed by atoms with Crippen LogP contribution in [-0.4, -0.2) is 27.1 Å². The van der Waals surface area contributed by atoms with Crippen LogP contribution in [0.3, 0.4) is 0 Å². The van der Waals surface area contributed by atoms with Gasteiger partial charge in [-0.3, -0.25) is 9.59 Å². The first-order valence-corrected chi connectivity index (χ1v) is 11.0. The average Bonchev–Trinajstić information content (AvgIpc) is 3.28. The number of para-hydroxylation sites is 1. The van der Waals surface area contributed by atoms with Gasteiger partial charge >= 0.3 is 0 Å². The van der Waals surface area contributed by atoms with Crippen LogP contribution in [0, 0.1) is 0 Å². The van der Waals surface area contributed by atoms with Gasteiger partial charge in [-0.05, 0) is 48.1 Å². The lowest BCUT2D eigenvalue weighted by Crippen LogP contribution is -2.40. The summed E-state index contributed by atoms with van der Waals surface area (Å²) >= 11 is 1.76. The molecule has 0 saturated carbocycles. The summed E-state index contributed by atoms with van der Waals surface area (Å²) in [5.41, 5.74) is 1.99. The number of aromatic nitrogens is 2. The second-order valence-electron chi connectivity index (χ2n) is 7.42. The van der Waals surface area contributed by atoms with Gasteiger partial charge in [0, 0.05) is 16.8 Å². The zero-order chi connectivity index (χ0) is 20.7. The lowest BCUT2D eigenvalue weighted by atomic mass is 9.97. The summed E-state index contributed by atoms with van der Waals surface area (Å²) in [6.07, 6.45) is 1.69. The van der Waals surface area contributed by atoms with Crippen LogP contribution in [0.4, 0.5) is 0 Å². The van der Waals surface area contributed by atoms with Gasteiger partial charge in [-0.15, -0.1) is 11.3 Å². The Hall–Kier alpha value is -3.25. The van der Waals surface area contributed by atoms with E-state index in [0.717, 1.165) is 12.8 Å². The zero-order valence-corrected chi connectivity index (χ0v) is 17.4. The maximum Gasteiger partial charge on any atom is 0.279 e. The Bertz CT molecular complexity index is 1290. The van der Waals surface area contributed by atoms with Gasteiger partial charge in [-0.2, -0.15) is 9.78 Å². The number of benzene rings is 2. The predicted octanol–water partition coefficient (Wildman–Crippen LogP) is 4.60. The summed E-state index contributed by atoms with van der Waals surface area (Å²) < 4.78 is 1.34. The van der Waals surface area contributed by atoms with Crippen molar-refractivity contribution in [2.24, 2.45) is 0 Å². The maximum absolute atomic E-state index is 13.8. The van der Waals surface area contributed by atoms with Crippen LogP contribution in [0.5, 0.6) is 0 Å². The third kappa shape index (κ3) is 2.95. The number of hydrogen-bond donors (Lipinski definition) is 0. The van der Waals surface area contributed by atoms with Gasteiger partial charge in [-0.1, -0.05) is 43.3 Å². The number of carbonyl (C=O) groups excluding carboxylic acids is 1. The van der Waals surface area contributed by atoms with E-state index in [1.807, 2.05) is 53.4 Å². The van der Waals surface area contributed by atoms with Crippen molar-refractivity contribution in [3.63, 3.8) is 0 Å². The van der Waals surface area contributed by atoms with Crippen molar-refractivity contribution < 1.29 is 4.79 Å². The van der Waals surface area contributed by atoms with Gasteiger partial charge in [0.25, 0.3) is 11.5 Å². The van der Waals surface area contributed by atoms with Crippen molar-refractivity contribution in [1.82, 2.24) is 14.7 Å². The van der Waals surface area contributed by atoms with Gasteiger partial charge in [0.05, 0.1) is 17.1 Å². The molecule has 1 aliphatic rings. The molecule has 5 nitrogen and oxygen atoms in total. The van der Waals surface area contributed by atoms with E-state index in [4.69, 9.17) is 0 Å². The molecule has 0 spiro atoms. The molecule has 2 aromatic carbocycles. The van der Waals surface area contributed by atoms with Crippen LogP contribution in [0.25, 0.3) is 16.5 Å². The number of nitrogens with zero attached hydrogens (tertiary/aromatic N) is 3. The van der Waals surface area contributed by atoms with E-state index >= 15 is 0 Å². The third-order valence-corrected chi connectivity index (χ3v) is 6.75. The summed E-state index contributed by atoms with van der Waals surface area (Å²) in [5, 5.41) is 7.78. The molecule has 0 radical (unpaired) electrons. The molecule has 1 amide bonds. The van der Waals surface area contributed by atoms with Crippen LogP contribution >= 0.6 is 11.3 Å². The molecule has 1 unspecified atom stereocenters. The number of amides is 1. The monoisotopic (exact) mass is 415 g/mol. The summed E-state index contributed by atoms with van der Waals surface area (Å²) in [4.78, 5) is 30.1. The summed E-state index contributed by atoms with van der Waals surface area (Å²) in [6, 6.07) is 18.7. The lowest BCUT2D eigenvalue weighted by molar-refractivity contribution is 0.0651. The molecule has 4 aromatic rings. The molecule has 5 rings (SSSR count). The van der Waals surface area contributed by atoms with Gasteiger partial charge in [0.1, 0.15) is 0 Å². The van der Waals surface area contributed by atoms with E-state index in [-0.39, 0.29) is 17.5 Å². The molecule has 6 heteroatoms. The zero-order valence-electron chi connectivity index (χ0n) is 16.6. The summed E-state index contributed by atoms with van der Waals surface area (Å²) in [6.45, 7) is 2.76. The topological polar surface area (TPSA) is 55.2 Å². The van der Waals surface area contributed by atoms with E-state index in [0.29, 0.717) is 28.7 Å².